The van der Waals surface area contributed by atoms with Crippen LogP contribution in [0.15, 0.2) is 46.0 Å². The van der Waals surface area contributed by atoms with E-state index >= 15 is 0 Å². The molecule has 0 bridgehead atoms. The number of carbonyl (C=O) groups is 1. The van der Waals surface area contributed by atoms with Gasteiger partial charge in [-0.1, -0.05) is 12.1 Å². The van der Waals surface area contributed by atoms with Crippen molar-refractivity contribution in [2.45, 2.75) is 39.5 Å². The minimum Gasteiger partial charge on any atom is -0.491 e. The second kappa shape index (κ2) is 7.63. The van der Waals surface area contributed by atoms with Gasteiger partial charge in [-0.05, 0) is 38.5 Å². The molecule has 1 aromatic carbocycles. The fourth-order valence-electron chi connectivity index (χ4n) is 2.22. The molecule has 128 valence electrons. The smallest absolute Gasteiger partial charge is 0.265 e. The van der Waals surface area contributed by atoms with E-state index in [9.17, 15) is 14.4 Å². The summed E-state index contributed by atoms with van der Waals surface area (Å²) in [5, 5.41) is 5.11. The van der Waals surface area contributed by atoms with Crippen LogP contribution in [0.1, 0.15) is 32.4 Å². The van der Waals surface area contributed by atoms with Crippen LogP contribution >= 0.6 is 0 Å². The molecule has 1 atom stereocenters. The summed E-state index contributed by atoms with van der Waals surface area (Å²) in [6.07, 6.45) is 0.0620. The summed E-state index contributed by atoms with van der Waals surface area (Å²) in [6, 6.07) is 9.44. The highest BCUT2D eigenvalue weighted by Crippen LogP contribution is 2.20. The van der Waals surface area contributed by atoms with Crippen LogP contribution in [0, 0.1) is 0 Å². The van der Waals surface area contributed by atoms with Crippen molar-refractivity contribution >= 4 is 5.91 Å². The van der Waals surface area contributed by atoms with Crippen LogP contribution in [0.4, 0.5) is 0 Å². The van der Waals surface area contributed by atoms with Gasteiger partial charge in [0.1, 0.15) is 12.3 Å². The molecule has 7 nitrogen and oxygen atoms in total. The Hall–Kier alpha value is -2.83. The molecule has 2 aromatic rings. The summed E-state index contributed by atoms with van der Waals surface area (Å²) >= 11 is 0. The van der Waals surface area contributed by atoms with Crippen molar-refractivity contribution in [2.75, 3.05) is 0 Å². The van der Waals surface area contributed by atoms with Crippen LogP contribution < -0.4 is 21.2 Å². The topological polar surface area (TPSA) is 93.2 Å². The first kappa shape index (κ1) is 17.5. The van der Waals surface area contributed by atoms with E-state index in [0.29, 0.717) is 0 Å². The molecule has 0 aliphatic rings. The van der Waals surface area contributed by atoms with Crippen molar-refractivity contribution in [2.24, 2.45) is 0 Å². The molecule has 0 fully saturated rings. The maximum absolute atomic E-state index is 12.1. The van der Waals surface area contributed by atoms with Crippen molar-refractivity contribution in [3.63, 3.8) is 0 Å². The molecule has 1 aromatic heterocycles. The Balaban J connectivity index is 2.05. The first-order chi connectivity index (χ1) is 11.3. The lowest BCUT2D eigenvalue weighted by molar-refractivity contribution is -0.122. The quantitative estimate of drug-likeness (QED) is 0.832. The Kier molecular flexibility index (Phi) is 5.57. The van der Waals surface area contributed by atoms with Crippen molar-refractivity contribution < 1.29 is 9.53 Å². The monoisotopic (exact) mass is 331 g/mol. The Morgan fingerprint density at radius 3 is 2.67 bits per heavy atom. The van der Waals surface area contributed by atoms with Gasteiger partial charge in [-0.2, -0.15) is 0 Å². The first-order valence-electron chi connectivity index (χ1n) is 7.71. The number of hydrogen-bond donors (Lipinski definition) is 2. The van der Waals surface area contributed by atoms with Crippen LogP contribution in [-0.4, -0.2) is 21.8 Å². The van der Waals surface area contributed by atoms with Gasteiger partial charge >= 0.3 is 0 Å². The number of amides is 1. The third-order valence-electron chi connectivity index (χ3n) is 3.30. The summed E-state index contributed by atoms with van der Waals surface area (Å²) in [5.41, 5.74) is 0.00844. The Morgan fingerprint density at radius 1 is 1.21 bits per heavy atom. The van der Waals surface area contributed by atoms with Gasteiger partial charge in [-0.3, -0.25) is 19.5 Å². The summed E-state index contributed by atoms with van der Waals surface area (Å²) in [6.45, 7) is 5.47. The normalized spacial score (nSPS) is 12.0. The molecular formula is C17H21N3O4. The predicted molar refractivity (Wildman–Crippen MR) is 90.1 cm³/mol. The van der Waals surface area contributed by atoms with Crippen LogP contribution in [0.3, 0.4) is 0 Å². The average Bonchev–Trinajstić information content (AvgIpc) is 2.50. The molecule has 1 amide bonds. The minimum atomic E-state index is -0.440. The molecule has 0 saturated carbocycles. The lowest BCUT2D eigenvalue weighted by Gasteiger charge is -2.17. The van der Waals surface area contributed by atoms with E-state index in [2.05, 4.69) is 10.4 Å². The van der Waals surface area contributed by atoms with E-state index in [1.54, 1.807) is 0 Å². The molecule has 0 saturated heterocycles. The number of benzene rings is 1. The average molecular weight is 331 g/mol. The highest BCUT2D eigenvalue weighted by Gasteiger charge is 2.12. The van der Waals surface area contributed by atoms with Crippen LogP contribution in [0.2, 0.25) is 0 Å². The number of hydrogen-bond acceptors (Lipinski definition) is 4. The summed E-state index contributed by atoms with van der Waals surface area (Å²) < 4.78 is 6.61. The van der Waals surface area contributed by atoms with Gasteiger partial charge in [0.2, 0.25) is 5.91 Å². The predicted octanol–water partition coefficient (Wildman–Crippen LogP) is 1.20. The fraction of sp³-hybridized carbons (Fsp3) is 0.353. The summed E-state index contributed by atoms with van der Waals surface area (Å²) in [5.74, 6) is 0.355. The van der Waals surface area contributed by atoms with Crippen molar-refractivity contribution in [3.8, 4) is 5.75 Å². The first-order valence-corrected chi connectivity index (χ1v) is 7.71. The Labute approximate surface area is 139 Å². The lowest BCUT2D eigenvalue weighted by Crippen LogP contribution is -2.36. The molecule has 24 heavy (non-hydrogen) atoms. The largest absolute Gasteiger partial charge is 0.491 e. The second-order valence-corrected chi connectivity index (χ2v) is 5.76. The van der Waals surface area contributed by atoms with E-state index in [4.69, 9.17) is 4.74 Å². The van der Waals surface area contributed by atoms with Gasteiger partial charge < -0.3 is 10.1 Å². The number of aromatic nitrogens is 2. The van der Waals surface area contributed by atoms with E-state index < -0.39 is 11.1 Å². The van der Waals surface area contributed by atoms with Gasteiger partial charge in [0.15, 0.2) is 0 Å². The third kappa shape index (κ3) is 4.84. The van der Waals surface area contributed by atoms with E-state index in [-0.39, 0.29) is 24.6 Å². The van der Waals surface area contributed by atoms with Gasteiger partial charge in [0, 0.05) is 12.1 Å². The molecule has 0 spiro atoms. The number of rotatable bonds is 6. The third-order valence-corrected chi connectivity index (χ3v) is 3.30. The van der Waals surface area contributed by atoms with Crippen molar-refractivity contribution in [1.29, 1.82) is 0 Å². The fourth-order valence-corrected chi connectivity index (χ4v) is 2.22. The molecule has 2 rings (SSSR count). The van der Waals surface area contributed by atoms with E-state index in [0.717, 1.165) is 28.1 Å². The zero-order valence-electron chi connectivity index (χ0n) is 13.9. The number of aromatic amines is 1. The zero-order chi connectivity index (χ0) is 17.7. The standard InChI is InChI=1S/C17H21N3O4/c1-11(2)24-14-6-4-5-13(9-14)12(3)18-16(22)10-20-17(23)8-7-15(21)19-20/h4-9,11-12H,10H2,1-3H3,(H,18,22)(H,19,21)/t12-/m1/s1. The highest BCUT2D eigenvalue weighted by atomic mass is 16.5. The Bertz CT molecular complexity index is 823. The molecular weight excluding hydrogens is 310 g/mol. The number of nitrogens with zero attached hydrogens (tertiary/aromatic N) is 1. The van der Waals surface area contributed by atoms with E-state index in [1.807, 2.05) is 45.0 Å². The van der Waals surface area contributed by atoms with Gasteiger partial charge in [0.05, 0.1) is 12.1 Å². The summed E-state index contributed by atoms with van der Waals surface area (Å²) in [4.78, 5) is 34.9. The molecule has 7 heteroatoms. The van der Waals surface area contributed by atoms with Gasteiger partial charge in [0.25, 0.3) is 11.1 Å². The molecule has 2 N–H and O–H groups in total. The molecule has 1 heterocycles. The molecule has 0 radical (unpaired) electrons. The SMILES string of the molecule is CC(C)Oc1cccc([C@@H](C)NC(=O)Cn2[nH]c(=O)ccc2=O)c1. The van der Waals surface area contributed by atoms with Crippen LogP contribution in [0.25, 0.3) is 0 Å². The van der Waals surface area contributed by atoms with E-state index in [1.165, 1.54) is 0 Å². The number of carbonyl (C=O) groups excluding carboxylic acids is 1. The second-order valence-electron chi connectivity index (χ2n) is 5.76. The van der Waals surface area contributed by atoms with Crippen molar-refractivity contribution in [3.05, 3.63) is 62.7 Å². The van der Waals surface area contributed by atoms with Gasteiger partial charge in [-0.15, -0.1) is 0 Å². The van der Waals surface area contributed by atoms with Crippen LogP contribution in [0.5, 0.6) is 5.75 Å². The number of ether oxygens (including phenoxy) is 1. The molecule has 0 aliphatic carbocycles. The maximum Gasteiger partial charge on any atom is 0.265 e. The number of H-pyrrole nitrogens is 1. The zero-order valence-corrected chi connectivity index (χ0v) is 13.9. The highest BCUT2D eigenvalue weighted by molar-refractivity contribution is 5.76. The number of nitrogens with one attached hydrogen (secondary N) is 2. The van der Waals surface area contributed by atoms with Gasteiger partial charge in [-0.25, -0.2) is 4.68 Å². The Morgan fingerprint density at radius 2 is 1.96 bits per heavy atom. The molecule has 0 unspecified atom stereocenters. The van der Waals surface area contributed by atoms with Crippen molar-refractivity contribution in [1.82, 2.24) is 15.1 Å². The molecule has 0 aliphatic heterocycles. The summed E-state index contributed by atoms with van der Waals surface area (Å²) in [7, 11) is 0. The lowest BCUT2D eigenvalue weighted by atomic mass is 10.1. The van der Waals surface area contributed by atoms with Crippen LogP contribution in [-0.2, 0) is 11.3 Å². The maximum atomic E-state index is 12.1. The minimum absolute atomic E-state index is 0.0620.